The zero-order valence-electron chi connectivity index (χ0n) is 16.6. The van der Waals surface area contributed by atoms with Crippen LogP contribution in [0.1, 0.15) is 37.6 Å². The van der Waals surface area contributed by atoms with Crippen LogP contribution in [-0.2, 0) is 9.53 Å². The maximum absolute atomic E-state index is 12.2. The highest BCUT2D eigenvalue weighted by Crippen LogP contribution is 2.19. The zero-order valence-corrected chi connectivity index (χ0v) is 16.6. The molecule has 2 aromatic carbocycles. The highest BCUT2D eigenvalue weighted by Gasteiger charge is 2.16. The van der Waals surface area contributed by atoms with Gasteiger partial charge in [0.1, 0.15) is 11.4 Å². The molecule has 0 aliphatic carbocycles. The summed E-state index contributed by atoms with van der Waals surface area (Å²) in [4.78, 5) is 35.7. The molecule has 4 N–H and O–H groups in total. The maximum atomic E-state index is 12.2. The quantitative estimate of drug-likeness (QED) is 0.593. The van der Waals surface area contributed by atoms with E-state index in [-0.39, 0.29) is 30.2 Å². The summed E-state index contributed by atoms with van der Waals surface area (Å²) in [5, 5.41) is 17.6. The van der Waals surface area contributed by atoms with Gasteiger partial charge in [0.15, 0.2) is 0 Å². The first-order valence-electron chi connectivity index (χ1n) is 9.10. The van der Waals surface area contributed by atoms with Gasteiger partial charge in [-0.1, -0.05) is 12.1 Å². The van der Waals surface area contributed by atoms with Crippen molar-refractivity contribution in [2.24, 2.45) is 0 Å². The first-order valence-corrected chi connectivity index (χ1v) is 9.10. The standard InChI is InChI=1S/C21H25N3O5/c1-21(2,3)29-20(28)22-13-12-18(26)23-14-8-10-15(11-9-14)24-19(27)16-6-4-5-7-17(16)25/h4-11,25H,12-13H2,1-3H3,(H,22,28)(H,23,26)(H,24,27). The molecular weight excluding hydrogens is 374 g/mol. The van der Waals surface area contributed by atoms with E-state index in [4.69, 9.17) is 4.74 Å². The first-order chi connectivity index (χ1) is 13.6. The van der Waals surface area contributed by atoms with Gasteiger partial charge in [-0.25, -0.2) is 4.79 Å². The van der Waals surface area contributed by atoms with Crippen LogP contribution in [0.4, 0.5) is 16.2 Å². The summed E-state index contributed by atoms with van der Waals surface area (Å²) in [6.07, 6.45) is -0.486. The molecule has 8 nitrogen and oxygen atoms in total. The Labute approximate surface area is 169 Å². The van der Waals surface area contributed by atoms with E-state index in [1.807, 2.05) is 0 Å². The van der Waals surface area contributed by atoms with Crippen LogP contribution in [-0.4, -0.2) is 35.2 Å². The third-order valence-electron chi connectivity index (χ3n) is 3.60. The molecule has 0 fully saturated rings. The molecule has 0 aromatic heterocycles. The van der Waals surface area contributed by atoms with Gasteiger partial charge in [-0.3, -0.25) is 9.59 Å². The lowest BCUT2D eigenvalue weighted by atomic mass is 10.2. The van der Waals surface area contributed by atoms with E-state index in [1.165, 1.54) is 12.1 Å². The van der Waals surface area contributed by atoms with Crippen LogP contribution in [0.2, 0.25) is 0 Å². The van der Waals surface area contributed by atoms with Crippen LogP contribution in [0.5, 0.6) is 5.75 Å². The number of anilines is 2. The van der Waals surface area contributed by atoms with Crippen LogP contribution in [0, 0.1) is 0 Å². The van der Waals surface area contributed by atoms with Crippen LogP contribution in [0.15, 0.2) is 48.5 Å². The maximum Gasteiger partial charge on any atom is 0.407 e. The molecule has 0 unspecified atom stereocenters. The molecule has 0 heterocycles. The van der Waals surface area contributed by atoms with Crippen molar-refractivity contribution in [1.29, 1.82) is 0 Å². The summed E-state index contributed by atoms with van der Waals surface area (Å²) in [6.45, 7) is 5.42. The van der Waals surface area contributed by atoms with E-state index in [2.05, 4.69) is 16.0 Å². The van der Waals surface area contributed by atoms with Gasteiger partial charge in [-0.2, -0.15) is 0 Å². The fraction of sp³-hybridized carbons (Fsp3) is 0.286. The molecule has 2 rings (SSSR count). The zero-order chi connectivity index (χ0) is 21.4. The van der Waals surface area contributed by atoms with Gasteiger partial charge in [0.05, 0.1) is 5.56 Å². The molecule has 0 saturated heterocycles. The minimum Gasteiger partial charge on any atom is -0.507 e. The second-order valence-corrected chi connectivity index (χ2v) is 7.28. The van der Waals surface area contributed by atoms with Gasteiger partial charge < -0.3 is 25.8 Å². The number of aromatic hydroxyl groups is 1. The average Bonchev–Trinajstić information content (AvgIpc) is 2.62. The molecule has 8 heteroatoms. The summed E-state index contributed by atoms with van der Waals surface area (Å²) in [7, 11) is 0. The van der Waals surface area contributed by atoms with Crippen molar-refractivity contribution in [2.45, 2.75) is 32.8 Å². The van der Waals surface area contributed by atoms with Gasteiger partial charge in [0.2, 0.25) is 5.91 Å². The number of hydrogen-bond acceptors (Lipinski definition) is 5. The molecule has 0 spiro atoms. The number of carbonyl (C=O) groups excluding carboxylic acids is 3. The van der Waals surface area contributed by atoms with Gasteiger partial charge in [0.25, 0.3) is 5.91 Å². The highest BCUT2D eigenvalue weighted by atomic mass is 16.6. The number of alkyl carbamates (subject to hydrolysis) is 1. The minimum absolute atomic E-state index is 0.0883. The van der Waals surface area contributed by atoms with Gasteiger partial charge in [-0.15, -0.1) is 0 Å². The van der Waals surface area contributed by atoms with Crippen molar-refractivity contribution in [3.8, 4) is 5.75 Å². The number of amides is 3. The van der Waals surface area contributed by atoms with Gasteiger partial charge >= 0.3 is 6.09 Å². The number of phenols is 1. The van der Waals surface area contributed by atoms with E-state index in [0.29, 0.717) is 11.4 Å². The Bertz CT molecular complexity index is 873. The topological polar surface area (TPSA) is 117 Å². The SMILES string of the molecule is CC(C)(C)OC(=O)NCCC(=O)Nc1ccc(NC(=O)c2ccccc2O)cc1. The fourth-order valence-electron chi connectivity index (χ4n) is 2.32. The predicted molar refractivity (Wildman–Crippen MR) is 110 cm³/mol. The molecule has 29 heavy (non-hydrogen) atoms. The molecule has 0 atom stereocenters. The van der Waals surface area contributed by atoms with E-state index >= 15 is 0 Å². The van der Waals surface area contributed by atoms with Crippen LogP contribution in [0.3, 0.4) is 0 Å². The molecule has 0 saturated carbocycles. The van der Waals surface area contributed by atoms with E-state index < -0.39 is 17.6 Å². The second-order valence-electron chi connectivity index (χ2n) is 7.28. The molecule has 0 aliphatic rings. The molecular formula is C21H25N3O5. The Kier molecular flexibility index (Phi) is 7.19. The summed E-state index contributed by atoms with van der Waals surface area (Å²) < 4.78 is 5.09. The van der Waals surface area contributed by atoms with E-state index in [9.17, 15) is 19.5 Å². The Morgan fingerprint density at radius 3 is 2.10 bits per heavy atom. The number of benzene rings is 2. The second kappa shape index (κ2) is 9.59. The third-order valence-corrected chi connectivity index (χ3v) is 3.60. The van der Waals surface area contributed by atoms with E-state index in [0.717, 1.165) is 0 Å². The van der Waals surface area contributed by atoms with Crippen molar-refractivity contribution in [3.05, 3.63) is 54.1 Å². The van der Waals surface area contributed by atoms with Crippen molar-refractivity contribution < 1.29 is 24.2 Å². The fourth-order valence-corrected chi connectivity index (χ4v) is 2.32. The van der Waals surface area contributed by atoms with Crippen LogP contribution in [0.25, 0.3) is 0 Å². The predicted octanol–water partition coefficient (Wildman–Crippen LogP) is 3.50. The lowest BCUT2D eigenvalue weighted by Crippen LogP contribution is -2.34. The Balaban J connectivity index is 1.80. The molecule has 0 aliphatic heterocycles. The normalized spacial score (nSPS) is 10.7. The third kappa shape index (κ3) is 7.53. The summed E-state index contributed by atoms with van der Waals surface area (Å²) >= 11 is 0. The van der Waals surface area contributed by atoms with Crippen molar-refractivity contribution in [1.82, 2.24) is 5.32 Å². The molecule has 0 radical (unpaired) electrons. The van der Waals surface area contributed by atoms with Crippen molar-refractivity contribution in [2.75, 3.05) is 17.2 Å². The largest absolute Gasteiger partial charge is 0.507 e. The Hall–Kier alpha value is -3.55. The number of nitrogens with one attached hydrogen (secondary N) is 3. The number of carbonyl (C=O) groups is 3. The van der Waals surface area contributed by atoms with E-state index in [1.54, 1.807) is 57.2 Å². The molecule has 0 bridgehead atoms. The Morgan fingerprint density at radius 1 is 0.931 bits per heavy atom. The van der Waals surface area contributed by atoms with Gasteiger partial charge in [0, 0.05) is 24.3 Å². The summed E-state index contributed by atoms with van der Waals surface area (Å²) in [5.41, 5.74) is 0.640. The smallest absolute Gasteiger partial charge is 0.407 e. The molecule has 154 valence electrons. The number of phenolic OH excluding ortho intramolecular Hbond substituents is 1. The first kappa shape index (κ1) is 21.7. The lowest BCUT2D eigenvalue weighted by Gasteiger charge is -2.19. The minimum atomic E-state index is -0.594. The molecule has 2 aromatic rings. The average molecular weight is 399 g/mol. The number of para-hydroxylation sites is 1. The number of hydrogen-bond donors (Lipinski definition) is 4. The van der Waals surface area contributed by atoms with Crippen molar-refractivity contribution >= 4 is 29.3 Å². The van der Waals surface area contributed by atoms with Crippen LogP contribution >= 0.6 is 0 Å². The highest BCUT2D eigenvalue weighted by molar-refractivity contribution is 6.06. The molecule has 3 amide bonds. The van der Waals surface area contributed by atoms with Crippen molar-refractivity contribution in [3.63, 3.8) is 0 Å². The monoisotopic (exact) mass is 399 g/mol. The number of ether oxygens (including phenoxy) is 1. The lowest BCUT2D eigenvalue weighted by molar-refractivity contribution is -0.116. The number of rotatable bonds is 6. The summed E-state index contributed by atoms with van der Waals surface area (Å²) in [5.74, 6) is -0.811. The Morgan fingerprint density at radius 2 is 1.52 bits per heavy atom. The summed E-state index contributed by atoms with van der Waals surface area (Å²) in [6, 6.07) is 12.8. The van der Waals surface area contributed by atoms with Gasteiger partial charge in [-0.05, 0) is 57.2 Å². The van der Waals surface area contributed by atoms with Crippen LogP contribution < -0.4 is 16.0 Å².